The summed E-state index contributed by atoms with van der Waals surface area (Å²) in [6.45, 7) is 83.0. The molecular formula is C100H191N17O5. The van der Waals surface area contributed by atoms with Crippen LogP contribution in [0.3, 0.4) is 0 Å². The number of morpholine rings is 1. The van der Waals surface area contributed by atoms with Crippen molar-refractivity contribution in [1.82, 2.24) is 83.0 Å². The van der Waals surface area contributed by atoms with Gasteiger partial charge in [0, 0.05) is 212 Å². The molecule has 0 spiro atoms. The van der Waals surface area contributed by atoms with Gasteiger partial charge in [0.15, 0.2) is 0 Å². The molecule has 13 saturated heterocycles. The van der Waals surface area contributed by atoms with Crippen LogP contribution in [0.1, 0.15) is 286 Å². The quantitative estimate of drug-likeness (QED) is 0.256. The van der Waals surface area contributed by atoms with Crippen LogP contribution >= 0.6 is 0 Å². The first kappa shape index (κ1) is 104. The van der Waals surface area contributed by atoms with Gasteiger partial charge >= 0.3 is 0 Å². The fourth-order valence-corrected chi connectivity index (χ4v) is 21.6. The average Bonchev–Trinajstić information content (AvgIpc) is 1.11. The van der Waals surface area contributed by atoms with Crippen LogP contribution in [0.4, 0.5) is 0 Å². The van der Waals surface area contributed by atoms with E-state index in [4.69, 9.17) is 4.74 Å². The Morgan fingerprint density at radius 3 is 0.992 bits per heavy atom. The minimum atomic E-state index is 0.127. The van der Waals surface area contributed by atoms with Gasteiger partial charge in [-0.15, -0.1) is 0 Å². The highest BCUT2D eigenvalue weighted by Gasteiger charge is 2.40. The van der Waals surface area contributed by atoms with E-state index in [1.807, 2.05) is 34.8 Å². The molecule has 0 aromatic carbocycles. The summed E-state index contributed by atoms with van der Waals surface area (Å²) in [5.74, 6) is 2.92. The SMILES string of the molecule is CC(C)(C)N1CCC(N2CCCCC2=O)CC1.CC(C)(C)N1CCC(N2CCOCC2=O)CC1.CC(C)(C)N1CCC(n2ccccc2=O)CC1.CN1CCC(C2CCN(C(C)(C)C)CC2)CC1.CN1CCC(N2CCCN(C(C)(C)C)CC2)CC1.CN1CCCN(C2CCN(C(C)(C)C)CC2)CC1.CN1CCN(C2CCN(C(C)(C)C)CC2)C(=O)C1. The first-order chi connectivity index (χ1) is 57.2. The minimum absolute atomic E-state index is 0.127. The number of ether oxygens (including phenoxy) is 1. The highest BCUT2D eigenvalue weighted by atomic mass is 16.5. The first-order valence-electron chi connectivity index (χ1n) is 49.8. The van der Waals surface area contributed by atoms with Crippen LogP contribution in [0, 0.1) is 11.8 Å². The van der Waals surface area contributed by atoms with Crippen molar-refractivity contribution < 1.29 is 19.1 Å². The van der Waals surface area contributed by atoms with Gasteiger partial charge in [-0.1, -0.05) is 6.07 Å². The predicted molar refractivity (Wildman–Crippen MR) is 511 cm³/mol. The first-order valence-corrected chi connectivity index (χ1v) is 49.8. The maximum Gasteiger partial charge on any atom is 0.250 e. The zero-order chi connectivity index (χ0) is 89.5. The fourth-order valence-electron chi connectivity index (χ4n) is 21.6. The number of hydrogen-bond donors (Lipinski definition) is 0. The summed E-state index contributed by atoms with van der Waals surface area (Å²) in [4.78, 5) is 86.9. The van der Waals surface area contributed by atoms with Gasteiger partial charge in [-0.2, -0.15) is 0 Å². The van der Waals surface area contributed by atoms with Gasteiger partial charge in [0.25, 0.3) is 5.56 Å². The second-order valence-electron chi connectivity index (χ2n) is 46.3. The summed E-state index contributed by atoms with van der Waals surface area (Å²) in [5, 5.41) is 0. The lowest BCUT2D eigenvalue weighted by Crippen LogP contribution is -2.57. The van der Waals surface area contributed by atoms with E-state index in [-0.39, 0.29) is 40.2 Å². The number of piperidine rings is 9. The van der Waals surface area contributed by atoms with Crippen LogP contribution in [0.5, 0.6) is 0 Å². The van der Waals surface area contributed by atoms with E-state index in [2.05, 4.69) is 240 Å². The zero-order valence-corrected chi connectivity index (χ0v) is 83.8. The van der Waals surface area contributed by atoms with Crippen molar-refractivity contribution in [2.45, 2.75) is 355 Å². The van der Waals surface area contributed by atoms with E-state index in [0.717, 1.165) is 167 Å². The molecule has 14 rings (SSSR count). The normalized spacial score (nSPS) is 25.5. The Morgan fingerprint density at radius 2 is 0.598 bits per heavy atom. The van der Waals surface area contributed by atoms with Gasteiger partial charge < -0.3 is 38.7 Å². The smallest absolute Gasteiger partial charge is 0.250 e. The number of rotatable bonds is 7. The molecule has 0 bridgehead atoms. The number of likely N-dealkylation sites (tertiary alicyclic amines) is 9. The summed E-state index contributed by atoms with van der Waals surface area (Å²) in [5.41, 5.74) is 2.21. The van der Waals surface area contributed by atoms with Gasteiger partial charge in [-0.05, 0) is 385 Å². The molecule has 0 N–H and O–H groups in total. The Hall–Kier alpha value is -3.20. The van der Waals surface area contributed by atoms with Gasteiger partial charge in [0.05, 0.1) is 13.2 Å². The van der Waals surface area contributed by atoms with E-state index in [9.17, 15) is 19.2 Å². The lowest BCUT2D eigenvalue weighted by Gasteiger charge is -2.45. The van der Waals surface area contributed by atoms with Crippen molar-refractivity contribution in [1.29, 1.82) is 0 Å². The van der Waals surface area contributed by atoms with Crippen molar-refractivity contribution in [3.8, 4) is 0 Å². The van der Waals surface area contributed by atoms with Crippen LogP contribution in [0.2, 0.25) is 0 Å². The Bertz CT molecular complexity index is 3130. The number of pyridine rings is 1. The fraction of sp³-hybridized carbons (Fsp3) is 0.920. The second kappa shape index (κ2) is 48.1. The summed E-state index contributed by atoms with van der Waals surface area (Å²) in [7, 11) is 8.79. The molecule has 1 aromatic rings. The zero-order valence-electron chi connectivity index (χ0n) is 83.8. The van der Waals surface area contributed by atoms with Crippen LogP contribution in [-0.2, 0) is 19.1 Å². The maximum atomic E-state index is 12.1. The van der Waals surface area contributed by atoms with E-state index >= 15 is 0 Å². The monoisotopic (exact) mass is 1710 g/mol. The van der Waals surface area contributed by atoms with Crippen molar-refractivity contribution in [3.05, 3.63) is 34.7 Å². The third-order valence-corrected chi connectivity index (χ3v) is 30.3. The van der Waals surface area contributed by atoms with Crippen LogP contribution in [0.15, 0.2) is 29.2 Å². The number of nitrogens with zero attached hydrogens (tertiary/aromatic N) is 17. The molecule has 3 amide bonds. The van der Waals surface area contributed by atoms with E-state index in [0.29, 0.717) is 65.8 Å². The third-order valence-electron chi connectivity index (χ3n) is 30.3. The van der Waals surface area contributed by atoms with E-state index in [1.54, 1.807) is 6.07 Å². The molecule has 22 nitrogen and oxygen atoms in total. The molecular weight excluding hydrogens is 1520 g/mol. The molecule has 13 fully saturated rings. The summed E-state index contributed by atoms with van der Waals surface area (Å²) < 4.78 is 7.07. The number of piperazine rings is 1. The number of hydrogen-bond acceptors (Lipinski definition) is 18. The predicted octanol–water partition coefficient (Wildman–Crippen LogP) is 13.3. The number of amides is 3. The lowest BCUT2D eigenvalue weighted by atomic mass is 9.78. The molecule has 13 aliphatic heterocycles. The number of aromatic nitrogens is 1. The topological polar surface area (TPSA) is 134 Å². The Kier molecular flexibility index (Phi) is 41.1. The molecule has 706 valence electrons. The van der Waals surface area contributed by atoms with E-state index < -0.39 is 0 Å². The highest BCUT2D eigenvalue weighted by Crippen LogP contribution is 2.36. The molecule has 0 radical (unpaired) electrons. The number of likely N-dealkylation sites (N-methyl/N-ethyl adjacent to an activating group) is 2. The third kappa shape index (κ3) is 33.9. The van der Waals surface area contributed by atoms with Crippen LogP contribution in [-0.4, -0.2) is 401 Å². The van der Waals surface area contributed by atoms with Crippen molar-refractivity contribution in [2.24, 2.45) is 11.8 Å². The summed E-state index contributed by atoms with van der Waals surface area (Å²) in [6, 6.07) is 8.89. The van der Waals surface area contributed by atoms with Gasteiger partial charge in [-0.3, -0.25) is 68.2 Å². The van der Waals surface area contributed by atoms with Crippen molar-refractivity contribution in [2.75, 3.05) is 231 Å². The standard InChI is InChI=1S/2C15H31N3.C15H30N2.C14H27N3O.C14H26N2O.C14H22N2O.C13H24N2O2/c1-15(2,3)18-9-5-8-17(12-13-18)14-6-10-16(4)11-7-14;1-15(2,3)18-10-6-14(7-11-18)17-9-5-8-16(4)12-13-17;1-15(2,3)17-11-7-14(8-12-17)13-5-9-16(4)10-6-13;1-14(2,3)16-7-5-12(6-8-16)17-10-9-15(4)11-13(17)18;2*1-14(2,3)15-10-7-12(8-11-15)16-9-5-4-6-13(16)17;1-13(2,3)14-6-4-11(5-7-14)15-8-9-17-10-12(15)16/h2*14H,5-13H2,1-4H3;13-14H,5-12H2,1-4H3;12H,5-11H2,1-4H3;12H,4-11H2,1-3H3;4-6,9,12H,7-8,10-11H2,1-3H3;11H,4-10H2,1-3H3. The molecule has 0 aliphatic carbocycles. The van der Waals surface area contributed by atoms with Crippen LogP contribution < -0.4 is 5.56 Å². The van der Waals surface area contributed by atoms with Gasteiger partial charge in [-0.25, -0.2) is 0 Å². The van der Waals surface area contributed by atoms with Gasteiger partial charge in [0.1, 0.15) is 6.61 Å². The largest absolute Gasteiger partial charge is 0.370 e. The Labute approximate surface area is 748 Å². The van der Waals surface area contributed by atoms with Crippen LogP contribution in [0.25, 0.3) is 0 Å². The summed E-state index contributed by atoms with van der Waals surface area (Å²) in [6.07, 6.45) is 27.8. The summed E-state index contributed by atoms with van der Waals surface area (Å²) >= 11 is 0. The average molecular weight is 1710 g/mol. The van der Waals surface area contributed by atoms with Crippen molar-refractivity contribution in [3.63, 3.8) is 0 Å². The number of carbonyl (C=O) groups excluding carboxylic acids is 3. The van der Waals surface area contributed by atoms with Crippen molar-refractivity contribution >= 4 is 17.7 Å². The van der Waals surface area contributed by atoms with E-state index in [1.165, 1.54) is 175 Å². The molecule has 0 unspecified atom stereocenters. The number of carbonyl (C=O) groups is 3. The molecule has 1 aromatic heterocycles. The molecule has 0 atom stereocenters. The molecule has 22 heteroatoms. The second-order valence-corrected chi connectivity index (χ2v) is 46.3. The lowest BCUT2D eigenvalue weighted by molar-refractivity contribution is -0.147. The molecule has 14 heterocycles. The molecule has 0 saturated carbocycles. The molecule has 13 aliphatic rings. The Morgan fingerprint density at radius 1 is 0.270 bits per heavy atom. The maximum absolute atomic E-state index is 12.1. The van der Waals surface area contributed by atoms with Gasteiger partial charge in [0.2, 0.25) is 17.7 Å². The highest BCUT2D eigenvalue weighted by molar-refractivity contribution is 5.79. The minimum Gasteiger partial charge on any atom is -0.370 e. The Balaban J connectivity index is 0.000000177. The molecule has 122 heavy (non-hydrogen) atoms.